The molecule has 11 heavy (non-hydrogen) atoms. The number of carbonyl (C=O) groups excluding carboxylic acids is 1. The highest BCUT2D eigenvalue weighted by atomic mass is 35.5. The lowest BCUT2D eigenvalue weighted by Crippen LogP contribution is -2.15. The van der Waals surface area contributed by atoms with Crippen molar-refractivity contribution in [1.29, 1.82) is 0 Å². The minimum absolute atomic E-state index is 0.190. The van der Waals surface area contributed by atoms with Gasteiger partial charge in [0.05, 0.1) is 5.88 Å². The Morgan fingerprint density at radius 2 is 2.45 bits per heavy atom. The molecular formula is C6H6ClN3O. The van der Waals surface area contributed by atoms with Gasteiger partial charge in [0.25, 0.3) is 5.91 Å². The van der Waals surface area contributed by atoms with Crippen LogP contribution in [0.4, 0.5) is 0 Å². The molecule has 0 aliphatic carbocycles. The largest absolute Gasteiger partial charge is 0.364 e. The molecule has 0 atom stereocenters. The molecule has 0 saturated carbocycles. The van der Waals surface area contributed by atoms with E-state index in [-0.39, 0.29) is 11.6 Å². The van der Waals surface area contributed by atoms with Gasteiger partial charge in [0.15, 0.2) is 0 Å². The fraction of sp³-hybridized carbons (Fsp3) is 0.167. The molecule has 1 aromatic heterocycles. The highest BCUT2D eigenvalue weighted by Gasteiger charge is 2.07. The van der Waals surface area contributed by atoms with Gasteiger partial charge in [0, 0.05) is 11.8 Å². The Labute approximate surface area is 68.4 Å². The van der Waals surface area contributed by atoms with E-state index in [4.69, 9.17) is 17.3 Å². The predicted molar refractivity (Wildman–Crippen MR) is 40.1 cm³/mol. The van der Waals surface area contributed by atoms with Gasteiger partial charge in [-0.05, 0) is 0 Å². The lowest BCUT2D eigenvalue weighted by molar-refractivity contribution is 0.0994. The molecule has 0 saturated heterocycles. The summed E-state index contributed by atoms with van der Waals surface area (Å²) in [6.07, 6.45) is 2.73. The summed E-state index contributed by atoms with van der Waals surface area (Å²) in [7, 11) is 0. The van der Waals surface area contributed by atoms with Crippen molar-refractivity contribution in [3.05, 3.63) is 23.8 Å². The second-order valence-corrected chi connectivity index (χ2v) is 2.16. The zero-order valence-corrected chi connectivity index (χ0v) is 6.38. The molecule has 58 valence electrons. The molecule has 0 unspecified atom stereocenters. The third-order valence-corrected chi connectivity index (χ3v) is 1.45. The molecule has 4 nitrogen and oxygen atoms in total. The van der Waals surface area contributed by atoms with Crippen molar-refractivity contribution in [2.75, 3.05) is 0 Å². The van der Waals surface area contributed by atoms with Crippen LogP contribution >= 0.6 is 11.6 Å². The van der Waals surface area contributed by atoms with Crippen molar-refractivity contribution >= 4 is 17.5 Å². The first-order valence-electron chi connectivity index (χ1n) is 2.90. The number of nitrogens with zero attached hydrogens (tertiary/aromatic N) is 2. The van der Waals surface area contributed by atoms with Gasteiger partial charge in [-0.2, -0.15) is 0 Å². The van der Waals surface area contributed by atoms with Gasteiger partial charge in [-0.15, -0.1) is 11.6 Å². The van der Waals surface area contributed by atoms with Crippen LogP contribution in [-0.2, 0) is 5.88 Å². The Balaban J connectivity index is 3.12. The van der Waals surface area contributed by atoms with Crippen molar-refractivity contribution in [3.8, 4) is 0 Å². The van der Waals surface area contributed by atoms with E-state index < -0.39 is 5.91 Å². The minimum atomic E-state index is -0.581. The summed E-state index contributed by atoms with van der Waals surface area (Å²) in [5.41, 5.74) is 5.75. The number of amides is 1. The molecule has 0 fully saturated rings. The first-order valence-corrected chi connectivity index (χ1v) is 3.44. The summed E-state index contributed by atoms with van der Waals surface area (Å²) < 4.78 is 0. The average Bonchev–Trinajstić information content (AvgIpc) is 2.04. The lowest BCUT2D eigenvalue weighted by atomic mass is 10.2. The zero-order chi connectivity index (χ0) is 8.27. The highest BCUT2D eigenvalue weighted by molar-refractivity contribution is 6.17. The number of hydrogen-bond acceptors (Lipinski definition) is 3. The van der Waals surface area contributed by atoms with Crippen LogP contribution in [0.1, 0.15) is 16.1 Å². The Morgan fingerprint density at radius 1 is 1.73 bits per heavy atom. The SMILES string of the molecule is NC(=O)c1ncncc1CCl. The maximum atomic E-state index is 10.7. The molecule has 5 heteroatoms. The standard InChI is InChI=1S/C6H6ClN3O/c7-1-4-2-9-3-10-5(4)6(8)11/h2-3H,1H2,(H2,8,11). The topological polar surface area (TPSA) is 68.9 Å². The molecule has 1 rings (SSSR count). The van der Waals surface area contributed by atoms with Crippen LogP contribution < -0.4 is 5.73 Å². The van der Waals surface area contributed by atoms with E-state index in [2.05, 4.69) is 9.97 Å². The van der Waals surface area contributed by atoms with Crippen LogP contribution in [0.2, 0.25) is 0 Å². The molecular weight excluding hydrogens is 166 g/mol. The van der Waals surface area contributed by atoms with Gasteiger partial charge < -0.3 is 5.73 Å². The fourth-order valence-electron chi connectivity index (χ4n) is 0.678. The first kappa shape index (κ1) is 7.94. The minimum Gasteiger partial charge on any atom is -0.364 e. The Morgan fingerprint density at radius 3 is 2.91 bits per heavy atom. The quantitative estimate of drug-likeness (QED) is 0.652. The van der Waals surface area contributed by atoms with Crippen molar-refractivity contribution in [2.45, 2.75) is 5.88 Å². The lowest BCUT2D eigenvalue weighted by Gasteiger charge is -1.98. The van der Waals surface area contributed by atoms with Crippen LogP contribution in [0.5, 0.6) is 0 Å². The number of alkyl halides is 1. The fourth-order valence-corrected chi connectivity index (χ4v) is 0.874. The summed E-state index contributed by atoms with van der Waals surface area (Å²) in [5, 5.41) is 0. The predicted octanol–water partition coefficient (Wildman–Crippen LogP) is 0.314. The van der Waals surface area contributed by atoms with E-state index in [1.165, 1.54) is 12.5 Å². The van der Waals surface area contributed by atoms with Gasteiger partial charge in [0.1, 0.15) is 12.0 Å². The monoisotopic (exact) mass is 171 g/mol. The second-order valence-electron chi connectivity index (χ2n) is 1.89. The van der Waals surface area contributed by atoms with Gasteiger partial charge in [0.2, 0.25) is 0 Å². The molecule has 0 aromatic carbocycles. The smallest absolute Gasteiger partial charge is 0.267 e. The van der Waals surface area contributed by atoms with Gasteiger partial charge >= 0.3 is 0 Å². The Hall–Kier alpha value is -1.16. The molecule has 1 heterocycles. The van der Waals surface area contributed by atoms with Crippen LogP contribution in [0.25, 0.3) is 0 Å². The molecule has 0 radical (unpaired) electrons. The number of primary amides is 1. The van der Waals surface area contributed by atoms with Crippen LogP contribution in [0, 0.1) is 0 Å². The van der Waals surface area contributed by atoms with Gasteiger partial charge in [-0.3, -0.25) is 4.79 Å². The van der Waals surface area contributed by atoms with E-state index in [1.807, 2.05) is 0 Å². The maximum absolute atomic E-state index is 10.7. The Kier molecular flexibility index (Phi) is 2.38. The van der Waals surface area contributed by atoms with Crippen LogP contribution in [0.3, 0.4) is 0 Å². The summed E-state index contributed by atoms with van der Waals surface area (Å²) in [6.45, 7) is 0. The van der Waals surface area contributed by atoms with E-state index in [0.29, 0.717) is 5.56 Å². The zero-order valence-electron chi connectivity index (χ0n) is 5.62. The first-order chi connectivity index (χ1) is 5.25. The number of carbonyl (C=O) groups is 1. The van der Waals surface area contributed by atoms with Crippen molar-refractivity contribution in [1.82, 2.24) is 9.97 Å². The normalized spacial score (nSPS) is 9.55. The van der Waals surface area contributed by atoms with Crippen molar-refractivity contribution in [2.24, 2.45) is 5.73 Å². The second kappa shape index (κ2) is 3.30. The van der Waals surface area contributed by atoms with Crippen molar-refractivity contribution in [3.63, 3.8) is 0 Å². The molecule has 0 aliphatic heterocycles. The summed E-state index contributed by atoms with van der Waals surface area (Å²) in [6, 6.07) is 0. The van der Waals surface area contributed by atoms with Crippen molar-refractivity contribution < 1.29 is 4.79 Å². The number of aromatic nitrogens is 2. The average molecular weight is 172 g/mol. The van der Waals surface area contributed by atoms with E-state index in [1.54, 1.807) is 0 Å². The number of halogens is 1. The Bertz CT molecular complexity index is 276. The third kappa shape index (κ3) is 1.65. The molecule has 0 aliphatic rings. The van der Waals surface area contributed by atoms with E-state index >= 15 is 0 Å². The summed E-state index contributed by atoms with van der Waals surface area (Å²) >= 11 is 5.49. The van der Waals surface area contributed by atoms with E-state index in [9.17, 15) is 4.79 Å². The van der Waals surface area contributed by atoms with Crippen LogP contribution in [-0.4, -0.2) is 15.9 Å². The molecule has 1 amide bonds. The number of hydrogen-bond donors (Lipinski definition) is 1. The summed E-state index contributed by atoms with van der Waals surface area (Å²) in [5.74, 6) is -0.387. The van der Waals surface area contributed by atoms with E-state index in [0.717, 1.165) is 0 Å². The van der Waals surface area contributed by atoms with Gasteiger partial charge in [-0.1, -0.05) is 0 Å². The number of rotatable bonds is 2. The number of nitrogens with two attached hydrogens (primary N) is 1. The molecule has 0 spiro atoms. The van der Waals surface area contributed by atoms with Gasteiger partial charge in [-0.25, -0.2) is 9.97 Å². The summed E-state index contributed by atoms with van der Waals surface area (Å²) in [4.78, 5) is 18.0. The van der Waals surface area contributed by atoms with Crippen LogP contribution in [0.15, 0.2) is 12.5 Å². The third-order valence-electron chi connectivity index (χ3n) is 1.17. The molecule has 1 aromatic rings. The molecule has 2 N–H and O–H groups in total. The maximum Gasteiger partial charge on any atom is 0.267 e. The molecule has 0 bridgehead atoms. The highest BCUT2D eigenvalue weighted by Crippen LogP contribution is 2.05.